The SMILES string of the molecule is Cc1cccnc1CN1CCC2(CC1)C(=O)N(c1ccc(-c3ccccc3)cc1)c1c(Br)cccc12. The number of amides is 1. The van der Waals surface area contributed by atoms with Crippen molar-refractivity contribution < 1.29 is 4.79 Å². The third kappa shape index (κ3) is 3.87. The zero-order valence-corrected chi connectivity index (χ0v) is 21.9. The fourth-order valence-corrected chi connectivity index (χ4v) is 6.25. The molecule has 1 fully saturated rings. The third-order valence-electron chi connectivity index (χ3n) is 7.77. The number of aryl methyl sites for hydroxylation is 1. The number of carbonyl (C=O) groups is 1. The number of benzene rings is 3. The predicted molar refractivity (Wildman–Crippen MR) is 148 cm³/mol. The Morgan fingerprint density at radius 2 is 1.58 bits per heavy atom. The van der Waals surface area contributed by atoms with E-state index < -0.39 is 5.41 Å². The molecule has 2 aliphatic heterocycles. The van der Waals surface area contributed by atoms with E-state index in [2.05, 4.69) is 87.3 Å². The summed E-state index contributed by atoms with van der Waals surface area (Å²) < 4.78 is 0.962. The zero-order valence-electron chi connectivity index (χ0n) is 20.3. The third-order valence-corrected chi connectivity index (χ3v) is 8.41. The van der Waals surface area contributed by atoms with Gasteiger partial charge in [-0.25, -0.2) is 0 Å². The second-order valence-electron chi connectivity index (χ2n) is 9.81. The summed E-state index contributed by atoms with van der Waals surface area (Å²) in [6.45, 7) is 4.68. The van der Waals surface area contributed by atoms with E-state index in [4.69, 9.17) is 0 Å². The number of para-hydroxylation sites is 1. The number of nitrogens with zero attached hydrogens (tertiary/aromatic N) is 3. The van der Waals surface area contributed by atoms with Crippen molar-refractivity contribution >= 4 is 33.2 Å². The van der Waals surface area contributed by atoms with Crippen molar-refractivity contribution in [1.29, 1.82) is 0 Å². The van der Waals surface area contributed by atoms with E-state index >= 15 is 0 Å². The van der Waals surface area contributed by atoms with E-state index in [-0.39, 0.29) is 5.91 Å². The van der Waals surface area contributed by atoms with E-state index in [0.717, 1.165) is 65.1 Å². The molecule has 0 aliphatic carbocycles. The second kappa shape index (κ2) is 9.30. The Kier molecular flexibility index (Phi) is 5.98. The van der Waals surface area contributed by atoms with Crippen LogP contribution in [0.3, 0.4) is 0 Å². The molecular formula is C31H28BrN3O. The molecule has 4 nitrogen and oxygen atoms in total. The number of pyridine rings is 1. The second-order valence-corrected chi connectivity index (χ2v) is 10.7. The molecule has 0 atom stereocenters. The highest BCUT2D eigenvalue weighted by atomic mass is 79.9. The molecule has 1 aromatic heterocycles. The van der Waals surface area contributed by atoms with Crippen LogP contribution in [0.25, 0.3) is 11.1 Å². The van der Waals surface area contributed by atoms with Gasteiger partial charge in [0.1, 0.15) is 0 Å². The maximum Gasteiger partial charge on any atom is 0.242 e. The van der Waals surface area contributed by atoms with Gasteiger partial charge in [0.25, 0.3) is 0 Å². The van der Waals surface area contributed by atoms with Gasteiger partial charge in [-0.3, -0.25) is 19.6 Å². The molecule has 1 amide bonds. The molecule has 36 heavy (non-hydrogen) atoms. The summed E-state index contributed by atoms with van der Waals surface area (Å²) >= 11 is 3.77. The minimum Gasteiger partial charge on any atom is -0.297 e. The van der Waals surface area contributed by atoms with Gasteiger partial charge in [0, 0.05) is 22.9 Å². The van der Waals surface area contributed by atoms with Gasteiger partial charge in [0.15, 0.2) is 0 Å². The van der Waals surface area contributed by atoms with Crippen LogP contribution in [0, 0.1) is 6.92 Å². The predicted octanol–water partition coefficient (Wildman–Crippen LogP) is 7.03. The van der Waals surface area contributed by atoms with E-state index in [0.29, 0.717) is 0 Å². The van der Waals surface area contributed by atoms with Crippen molar-refractivity contribution in [2.24, 2.45) is 0 Å². The molecule has 4 aromatic rings. The van der Waals surface area contributed by atoms with Crippen molar-refractivity contribution in [2.75, 3.05) is 18.0 Å². The number of piperidine rings is 1. The van der Waals surface area contributed by atoms with E-state index in [1.54, 1.807) is 0 Å². The summed E-state index contributed by atoms with van der Waals surface area (Å²) in [5, 5.41) is 0. The first-order valence-corrected chi connectivity index (χ1v) is 13.3. The minimum absolute atomic E-state index is 0.186. The van der Waals surface area contributed by atoms with Crippen LogP contribution in [0.2, 0.25) is 0 Å². The number of fused-ring (bicyclic) bond motifs is 2. The first-order chi connectivity index (χ1) is 17.6. The summed E-state index contributed by atoms with van der Waals surface area (Å²) in [7, 11) is 0. The molecule has 0 N–H and O–H groups in total. The van der Waals surface area contributed by atoms with E-state index in [9.17, 15) is 4.79 Å². The van der Waals surface area contributed by atoms with Crippen LogP contribution in [-0.4, -0.2) is 28.9 Å². The molecule has 0 saturated carbocycles. The normalized spacial score (nSPS) is 16.9. The van der Waals surface area contributed by atoms with Gasteiger partial charge < -0.3 is 0 Å². The molecule has 6 rings (SSSR count). The number of carbonyl (C=O) groups excluding carboxylic acids is 1. The Labute approximate surface area is 220 Å². The summed E-state index contributed by atoms with van der Waals surface area (Å²) in [5.41, 5.74) is 7.20. The lowest BCUT2D eigenvalue weighted by Crippen LogP contribution is -2.47. The largest absolute Gasteiger partial charge is 0.297 e. The van der Waals surface area contributed by atoms with Crippen LogP contribution in [0.15, 0.2) is 95.6 Å². The fourth-order valence-electron chi connectivity index (χ4n) is 5.71. The van der Waals surface area contributed by atoms with Crippen molar-refractivity contribution in [2.45, 2.75) is 31.7 Å². The van der Waals surface area contributed by atoms with Gasteiger partial charge in [-0.05, 0) is 95.3 Å². The lowest BCUT2D eigenvalue weighted by atomic mass is 9.73. The fraction of sp³-hybridized carbons (Fsp3) is 0.226. The number of hydrogen-bond donors (Lipinski definition) is 0. The molecule has 3 heterocycles. The van der Waals surface area contributed by atoms with Gasteiger partial charge in [-0.15, -0.1) is 0 Å². The number of aromatic nitrogens is 1. The molecular weight excluding hydrogens is 510 g/mol. The minimum atomic E-state index is -0.493. The molecule has 1 spiro atoms. The Bertz CT molecular complexity index is 1410. The van der Waals surface area contributed by atoms with Gasteiger partial charge in [0.2, 0.25) is 5.91 Å². The molecule has 3 aromatic carbocycles. The van der Waals surface area contributed by atoms with Gasteiger partial charge in [-0.1, -0.05) is 60.7 Å². The number of halogens is 1. The monoisotopic (exact) mass is 537 g/mol. The van der Waals surface area contributed by atoms with Crippen molar-refractivity contribution in [3.63, 3.8) is 0 Å². The van der Waals surface area contributed by atoms with Crippen molar-refractivity contribution in [1.82, 2.24) is 9.88 Å². The molecule has 5 heteroatoms. The van der Waals surface area contributed by atoms with E-state index in [1.807, 2.05) is 41.4 Å². The van der Waals surface area contributed by atoms with Crippen LogP contribution in [0.1, 0.15) is 29.7 Å². The summed E-state index contributed by atoms with van der Waals surface area (Å²) in [4.78, 5) is 23.2. The maximum absolute atomic E-state index is 14.2. The smallest absolute Gasteiger partial charge is 0.242 e. The number of rotatable bonds is 4. The molecule has 180 valence electrons. The quantitative estimate of drug-likeness (QED) is 0.280. The standard InChI is InChI=1S/C31H28BrN3O/c1-22-7-6-18-33-28(22)21-34-19-16-31(17-20-34)26-10-5-11-27(32)29(26)35(30(31)36)25-14-12-24(13-15-25)23-8-3-2-4-9-23/h2-15,18H,16-17,19-21H2,1H3. The summed E-state index contributed by atoms with van der Waals surface area (Å²) in [5.74, 6) is 0.186. The first-order valence-electron chi connectivity index (χ1n) is 12.5. The van der Waals surface area contributed by atoms with Crippen molar-refractivity contribution in [3.8, 4) is 11.1 Å². The van der Waals surface area contributed by atoms with Gasteiger partial charge in [-0.2, -0.15) is 0 Å². The van der Waals surface area contributed by atoms with Crippen LogP contribution in [0.5, 0.6) is 0 Å². The Balaban J connectivity index is 1.30. The zero-order chi connectivity index (χ0) is 24.7. The van der Waals surface area contributed by atoms with Crippen molar-refractivity contribution in [3.05, 3.63) is 112 Å². The average molecular weight is 538 g/mol. The molecule has 0 bridgehead atoms. The highest BCUT2D eigenvalue weighted by molar-refractivity contribution is 9.10. The average Bonchev–Trinajstić information content (AvgIpc) is 3.16. The van der Waals surface area contributed by atoms with Crippen LogP contribution in [-0.2, 0) is 16.8 Å². The Morgan fingerprint density at radius 3 is 2.31 bits per heavy atom. The lowest BCUT2D eigenvalue weighted by molar-refractivity contribution is -0.124. The number of anilines is 2. The molecule has 0 radical (unpaired) electrons. The molecule has 2 aliphatic rings. The van der Waals surface area contributed by atoms with Crippen LogP contribution < -0.4 is 4.90 Å². The molecule has 0 unspecified atom stereocenters. The van der Waals surface area contributed by atoms with Crippen LogP contribution in [0.4, 0.5) is 11.4 Å². The summed E-state index contributed by atoms with van der Waals surface area (Å²) in [6, 6.07) is 29.0. The topological polar surface area (TPSA) is 36.4 Å². The molecule has 1 saturated heterocycles. The van der Waals surface area contributed by atoms with E-state index in [1.165, 1.54) is 11.1 Å². The lowest BCUT2D eigenvalue weighted by Gasteiger charge is -2.38. The number of likely N-dealkylation sites (tertiary alicyclic amines) is 1. The number of hydrogen-bond acceptors (Lipinski definition) is 3. The summed E-state index contributed by atoms with van der Waals surface area (Å²) in [6.07, 6.45) is 3.47. The Hall–Kier alpha value is -3.28. The highest BCUT2D eigenvalue weighted by Gasteiger charge is 2.53. The van der Waals surface area contributed by atoms with Gasteiger partial charge in [0.05, 0.1) is 16.8 Å². The first kappa shape index (κ1) is 23.1. The highest BCUT2D eigenvalue weighted by Crippen LogP contribution is 2.53. The van der Waals surface area contributed by atoms with Gasteiger partial charge >= 0.3 is 0 Å². The maximum atomic E-state index is 14.2. The van der Waals surface area contributed by atoms with Crippen LogP contribution >= 0.6 is 15.9 Å². The Morgan fingerprint density at radius 1 is 0.861 bits per heavy atom.